The summed E-state index contributed by atoms with van der Waals surface area (Å²) < 4.78 is 5.20. The van der Waals surface area contributed by atoms with E-state index in [2.05, 4.69) is 21.3 Å². The Balaban J connectivity index is 6.01. The number of rotatable bonds is 23. The van der Waals surface area contributed by atoms with Crippen LogP contribution in [0.15, 0.2) is 0 Å². The number of carboxylic acid groups (broad SMARTS) is 1. The van der Waals surface area contributed by atoms with Gasteiger partial charge in [-0.1, -0.05) is 82.1 Å². The van der Waals surface area contributed by atoms with Crippen LogP contribution < -0.4 is 21.3 Å². The largest absolute Gasteiger partial charge is 0.481 e. The molecule has 0 spiro atoms. The van der Waals surface area contributed by atoms with Crippen molar-refractivity contribution in [1.82, 2.24) is 21.3 Å². The maximum atomic E-state index is 13.7. The van der Waals surface area contributed by atoms with Gasteiger partial charge in [0.25, 0.3) is 0 Å². The lowest BCUT2D eigenvalue weighted by Crippen LogP contribution is -2.60. The number of hydrogen-bond donors (Lipinski definition) is 5. The second-order valence-corrected chi connectivity index (χ2v) is 14.8. The highest BCUT2D eigenvalue weighted by Crippen LogP contribution is 2.20. The Kier molecular flexibility index (Phi) is 21.3. The molecule has 7 unspecified atom stereocenters. The van der Waals surface area contributed by atoms with Gasteiger partial charge in [-0.2, -0.15) is 11.8 Å². The van der Waals surface area contributed by atoms with Gasteiger partial charge >= 0.3 is 12.1 Å². The molecule has 4 amide bonds. The molecule has 0 aromatic rings. The quantitative estimate of drug-likeness (QED) is 0.104. The van der Waals surface area contributed by atoms with Crippen molar-refractivity contribution in [2.75, 3.05) is 18.6 Å². The number of hydrogen-bond acceptors (Lipinski definition) is 8. The molecule has 0 aliphatic rings. The molecule has 0 heterocycles. The third-order valence-corrected chi connectivity index (χ3v) is 8.86. The summed E-state index contributed by atoms with van der Waals surface area (Å²) in [6.45, 7) is 18.7. The predicted molar refractivity (Wildman–Crippen MR) is 186 cm³/mol. The summed E-state index contributed by atoms with van der Waals surface area (Å²) in [5, 5.41) is 20.7. The number of thioether (sulfide) groups is 1. The molecule has 7 atom stereocenters. The average molecular weight is 687 g/mol. The molecule has 0 aliphatic heterocycles. The van der Waals surface area contributed by atoms with Crippen molar-refractivity contribution in [3.63, 3.8) is 0 Å². The van der Waals surface area contributed by atoms with Crippen molar-refractivity contribution in [3.05, 3.63) is 0 Å². The van der Waals surface area contributed by atoms with Crippen molar-refractivity contribution in [1.29, 1.82) is 0 Å². The predicted octanol–water partition coefficient (Wildman–Crippen LogP) is 4.40. The van der Waals surface area contributed by atoms with Gasteiger partial charge in [-0.25, -0.2) is 4.79 Å². The van der Waals surface area contributed by atoms with Gasteiger partial charge in [0, 0.05) is 6.42 Å². The first-order chi connectivity index (χ1) is 21.9. The Morgan fingerprint density at radius 3 is 1.68 bits per heavy atom. The van der Waals surface area contributed by atoms with E-state index in [1.807, 2.05) is 61.6 Å². The van der Waals surface area contributed by atoms with Gasteiger partial charge in [-0.05, 0) is 54.4 Å². The molecule has 0 aromatic heterocycles. The van der Waals surface area contributed by atoms with Crippen LogP contribution in [0, 0.1) is 35.5 Å². The van der Waals surface area contributed by atoms with Gasteiger partial charge in [-0.15, -0.1) is 0 Å². The lowest BCUT2D eigenvalue weighted by atomic mass is 9.86. The SMILES string of the molecule is CCC(C)C(NC(=O)C(NC(=O)C(NC(=O)C(CCSC)NC(=O)OCC(C)C)C(C)CC)C(C)C)C(=O)CC(CC(C)C)C(=O)O. The van der Waals surface area contributed by atoms with Gasteiger partial charge < -0.3 is 31.1 Å². The van der Waals surface area contributed by atoms with E-state index in [9.17, 15) is 33.9 Å². The lowest BCUT2D eigenvalue weighted by molar-refractivity contribution is -0.145. The van der Waals surface area contributed by atoms with Crippen LogP contribution in [0.4, 0.5) is 4.79 Å². The summed E-state index contributed by atoms with van der Waals surface area (Å²) in [6, 6.07) is -3.90. The molecule has 0 saturated carbocycles. The topological polar surface area (TPSA) is 180 Å². The first-order valence-electron chi connectivity index (χ1n) is 17.0. The maximum Gasteiger partial charge on any atom is 0.407 e. The molecular weight excluding hydrogens is 624 g/mol. The van der Waals surface area contributed by atoms with Crippen molar-refractivity contribution in [2.45, 2.75) is 126 Å². The Labute approximate surface area is 286 Å². The highest BCUT2D eigenvalue weighted by atomic mass is 32.2. The van der Waals surface area contributed by atoms with Crippen molar-refractivity contribution < 1.29 is 38.6 Å². The van der Waals surface area contributed by atoms with Crippen LogP contribution in [0.2, 0.25) is 0 Å². The van der Waals surface area contributed by atoms with Crippen LogP contribution in [0.1, 0.15) is 101 Å². The Morgan fingerprint density at radius 2 is 1.21 bits per heavy atom. The summed E-state index contributed by atoms with van der Waals surface area (Å²) in [7, 11) is 0. The first-order valence-corrected chi connectivity index (χ1v) is 18.4. The summed E-state index contributed by atoms with van der Waals surface area (Å²) in [6.07, 6.45) is 2.72. The second-order valence-electron chi connectivity index (χ2n) is 13.8. The van der Waals surface area contributed by atoms with Gasteiger partial charge in [0.15, 0.2) is 5.78 Å². The Bertz CT molecular complexity index is 1020. The van der Waals surface area contributed by atoms with E-state index >= 15 is 0 Å². The molecule has 0 rings (SSSR count). The third-order valence-electron chi connectivity index (χ3n) is 8.22. The van der Waals surface area contributed by atoms with Crippen LogP contribution in [-0.2, 0) is 28.7 Å². The summed E-state index contributed by atoms with van der Waals surface area (Å²) in [5.41, 5.74) is 0. The molecule has 47 heavy (non-hydrogen) atoms. The minimum absolute atomic E-state index is 0.0790. The minimum atomic E-state index is -1.05. The molecule has 12 nitrogen and oxygen atoms in total. The zero-order valence-electron chi connectivity index (χ0n) is 30.4. The lowest BCUT2D eigenvalue weighted by Gasteiger charge is -2.31. The Morgan fingerprint density at radius 1 is 0.702 bits per heavy atom. The molecule has 5 N–H and O–H groups in total. The number of ketones is 1. The number of amides is 4. The fourth-order valence-electron chi connectivity index (χ4n) is 4.89. The number of carbonyl (C=O) groups excluding carboxylic acids is 5. The molecule has 13 heteroatoms. The number of Topliss-reactive ketones (excluding diaryl/α,β-unsaturated/α-hetero) is 1. The highest BCUT2D eigenvalue weighted by Gasteiger charge is 2.36. The van der Waals surface area contributed by atoms with E-state index in [4.69, 9.17) is 4.74 Å². The van der Waals surface area contributed by atoms with Crippen molar-refractivity contribution in [2.24, 2.45) is 35.5 Å². The van der Waals surface area contributed by atoms with Crippen LogP contribution in [0.5, 0.6) is 0 Å². The van der Waals surface area contributed by atoms with E-state index in [0.717, 1.165) is 0 Å². The molecule has 0 aromatic carbocycles. The van der Waals surface area contributed by atoms with Gasteiger partial charge in [0.05, 0.1) is 18.6 Å². The number of carboxylic acids is 1. The monoisotopic (exact) mass is 686 g/mol. The average Bonchev–Trinajstić information content (AvgIpc) is 3.00. The van der Waals surface area contributed by atoms with Crippen molar-refractivity contribution >= 4 is 47.3 Å². The molecular formula is C34H62N4O8S. The van der Waals surface area contributed by atoms with Gasteiger partial charge in [0.1, 0.15) is 18.1 Å². The smallest absolute Gasteiger partial charge is 0.407 e. The number of carbonyl (C=O) groups is 6. The fraction of sp³-hybridized carbons (Fsp3) is 0.824. The molecule has 0 fully saturated rings. The number of nitrogens with one attached hydrogen (secondary N) is 4. The normalized spacial score (nSPS) is 16.0. The molecule has 0 bridgehead atoms. The number of alkyl carbamates (subject to hydrolysis) is 1. The van der Waals surface area contributed by atoms with E-state index in [1.54, 1.807) is 13.8 Å². The zero-order chi connectivity index (χ0) is 36.4. The molecule has 272 valence electrons. The van der Waals surface area contributed by atoms with Crippen LogP contribution in [-0.4, -0.2) is 83.5 Å². The molecule has 0 saturated heterocycles. The van der Waals surface area contributed by atoms with Gasteiger partial charge in [0.2, 0.25) is 17.7 Å². The van der Waals surface area contributed by atoms with Crippen LogP contribution >= 0.6 is 11.8 Å². The third kappa shape index (κ3) is 16.7. The van der Waals surface area contributed by atoms with E-state index in [0.29, 0.717) is 31.4 Å². The standard InChI is InChI=1S/C34H62N4O8S/c1-12-22(9)28(26(39)17-24(33(43)44)16-19(3)4)37-31(41)27(21(7)8)36-32(42)29(23(10)13-2)38-30(40)25(14-15-47-11)35-34(45)46-18-20(5)6/h19-25,27-29H,12-18H2,1-11H3,(H,35,45)(H,36,42)(H,37,41)(H,38,40)(H,43,44). The van der Waals surface area contributed by atoms with Gasteiger partial charge in [-0.3, -0.25) is 24.0 Å². The highest BCUT2D eigenvalue weighted by molar-refractivity contribution is 7.98. The summed E-state index contributed by atoms with van der Waals surface area (Å²) >= 11 is 1.51. The van der Waals surface area contributed by atoms with E-state index in [1.165, 1.54) is 11.8 Å². The first kappa shape index (κ1) is 44.2. The second kappa shape index (κ2) is 22.7. The zero-order valence-corrected chi connectivity index (χ0v) is 31.3. The van der Waals surface area contributed by atoms with E-state index < -0.39 is 59.9 Å². The van der Waals surface area contributed by atoms with E-state index in [-0.39, 0.29) is 48.4 Å². The summed E-state index contributed by atoms with van der Waals surface area (Å²) in [4.78, 5) is 78.4. The minimum Gasteiger partial charge on any atom is -0.481 e. The van der Waals surface area contributed by atoms with Crippen molar-refractivity contribution in [3.8, 4) is 0 Å². The summed E-state index contributed by atoms with van der Waals surface area (Å²) in [5.74, 6) is -4.13. The Hall–Kier alpha value is -2.83. The fourth-order valence-corrected chi connectivity index (χ4v) is 5.37. The molecule has 0 radical (unpaired) electrons. The maximum absolute atomic E-state index is 13.7. The van der Waals surface area contributed by atoms with Crippen LogP contribution in [0.25, 0.3) is 0 Å². The van der Waals surface area contributed by atoms with Crippen LogP contribution in [0.3, 0.4) is 0 Å². The number of ether oxygens (including phenoxy) is 1. The molecule has 0 aliphatic carbocycles. The number of aliphatic carboxylic acids is 1.